The van der Waals surface area contributed by atoms with Gasteiger partial charge in [0.15, 0.2) is 6.61 Å². The number of halogens is 1. The maximum absolute atomic E-state index is 11.6. The van der Waals surface area contributed by atoms with Crippen LogP contribution < -0.4 is 10.1 Å². The van der Waals surface area contributed by atoms with Crippen molar-refractivity contribution in [1.82, 2.24) is 0 Å². The molecule has 0 aliphatic heterocycles. The van der Waals surface area contributed by atoms with Crippen LogP contribution in [0.25, 0.3) is 0 Å². The summed E-state index contributed by atoms with van der Waals surface area (Å²) in [6.45, 7) is 0.0542. The van der Waals surface area contributed by atoms with Crippen molar-refractivity contribution in [3.63, 3.8) is 0 Å². The largest absolute Gasteiger partial charge is 0.480 e. The summed E-state index contributed by atoms with van der Waals surface area (Å²) in [7, 11) is 1.58. The van der Waals surface area contributed by atoms with Crippen LogP contribution in [0.4, 0.5) is 5.69 Å². The van der Waals surface area contributed by atoms with Crippen molar-refractivity contribution in [2.24, 2.45) is 0 Å². The lowest BCUT2D eigenvalue weighted by Gasteiger charge is -2.09. The SMILES string of the molecule is COCCCC(=O)Nc1ccc(OCC(=O)O)c(Cl)c1. The number of aliphatic carboxylic acids is 1. The topological polar surface area (TPSA) is 84.9 Å². The number of carboxylic acid groups (broad SMARTS) is 1. The molecule has 0 aliphatic rings. The van der Waals surface area contributed by atoms with E-state index in [4.69, 9.17) is 26.2 Å². The third kappa shape index (κ3) is 5.90. The molecule has 0 atom stereocenters. The van der Waals surface area contributed by atoms with E-state index in [1.807, 2.05) is 0 Å². The summed E-state index contributed by atoms with van der Waals surface area (Å²) in [6, 6.07) is 4.61. The Morgan fingerprint density at radius 3 is 2.75 bits per heavy atom. The summed E-state index contributed by atoms with van der Waals surface area (Å²) in [5.74, 6) is -0.972. The Bertz CT molecular complexity index is 478. The summed E-state index contributed by atoms with van der Waals surface area (Å²) >= 11 is 5.93. The van der Waals surface area contributed by atoms with Crippen LogP contribution in [0.2, 0.25) is 5.02 Å². The first-order valence-electron chi connectivity index (χ1n) is 5.96. The van der Waals surface area contributed by atoms with Crippen LogP contribution in [0.15, 0.2) is 18.2 Å². The lowest BCUT2D eigenvalue weighted by Crippen LogP contribution is -2.12. The lowest BCUT2D eigenvalue weighted by molar-refractivity contribution is -0.139. The van der Waals surface area contributed by atoms with Gasteiger partial charge in [-0.05, 0) is 24.6 Å². The lowest BCUT2D eigenvalue weighted by atomic mass is 10.2. The molecule has 0 fully saturated rings. The summed E-state index contributed by atoms with van der Waals surface area (Å²) in [6.07, 6.45) is 0.985. The zero-order valence-corrected chi connectivity index (χ0v) is 11.8. The molecule has 0 aliphatic carbocycles. The molecule has 0 radical (unpaired) electrons. The molecule has 7 heteroatoms. The minimum absolute atomic E-state index is 0.141. The van der Waals surface area contributed by atoms with Crippen LogP contribution in [0.5, 0.6) is 5.75 Å². The van der Waals surface area contributed by atoms with E-state index in [9.17, 15) is 9.59 Å². The monoisotopic (exact) mass is 301 g/mol. The van der Waals surface area contributed by atoms with Crippen molar-refractivity contribution in [1.29, 1.82) is 0 Å². The summed E-state index contributed by atoms with van der Waals surface area (Å²) in [5, 5.41) is 11.4. The zero-order valence-electron chi connectivity index (χ0n) is 11.0. The second-order valence-corrected chi connectivity index (χ2v) is 4.38. The highest BCUT2D eigenvalue weighted by Crippen LogP contribution is 2.27. The molecule has 6 nitrogen and oxygen atoms in total. The van der Waals surface area contributed by atoms with Gasteiger partial charge in [-0.15, -0.1) is 0 Å². The molecule has 1 aromatic carbocycles. The van der Waals surface area contributed by atoms with Crippen LogP contribution in [0, 0.1) is 0 Å². The van der Waals surface area contributed by atoms with Crippen LogP contribution in [-0.4, -0.2) is 37.3 Å². The number of hydrogen-bond acceptors (Lipinski definition) is 4. The van der Waals surface area contributed by atoms with E-state index in [2.05, 4.69) is 5.32 Å². The Hall–Kier alpha value is -1.79. The molecule has 110 valence electrons. The molecular formula is C13H16ClNO5. The first kappa shape index (κ1) is 16.3. The number of ether oxygens (including phenoxy) is 2. The Balaban J connectivity index is 2.54. The van der Waals surface area contributed by atoms with Crippen LogP contribution in [0.1, 0.15) is 12.8 Å². The van der Waals surface area contributed by atoms with E-state index in [-0.39, 0.29) is 16.7 Å². The Kier molecular flexibility index (Phi) is 6.83. The molecule has 0 bridgehead atoms. The summed E-state index contributed by atoms with van der Waals surface area (Å²) in [4.78, 5) is 22.0. The molecule has 1 rings (SSSR count). The Labute approximate surface area is 121 Å². The van der Waals surface area contributed by atoms with Crippen molar-refractivity contribution in [2.75, 3.05) is 25.6 Å². The second kappa shape index (κ2) is 8.39. The van der Waals surface area contributed by atoms with Crippen molar-refractivity contribution in [3.8, 4) is 5.75 Å². The van der Waals surface area contributed by atoms with Gasteiger partial charge in [0.2, 0.25) is 5.91 Å². The molecule has 0 spiro atoms. The number of carbonyl (C=O) groups is 2. The first-order valence-corrected chi connectivity index (χ1v) is 6.33. The van der Waals surface area contributed by atoms with E-state index >= 15 is 0 Å². The number of amides is 1. The van der Waals surface area contributed by atoms with Gasteiger partial charge in [0.05, 0.1) is 5.02 Å². The molecule has 2 N–H and O–H groups in total. The Morgan fingerprint density at radius 1 is 1.40 bits per heavy atom. The molecule has 0 saturated carbocycles. The van der Waals surface area contributed by atoms with E-state index in [0.717, 1.165) is 0 Å². The van der Waals surface area contributed by atoms with Gasteiger partial charge in [0.25, 0.3) is 0 Å². The number of benzene rings is 1. The fourth-order valence-corrected chi connectivity index (χ4v) is 1.67. The molecule has 1 amide bonds. The van der Waals surface area contributed by atoms with Crippen molar-refractivity contribution in [2.45, 2.75) is 12.8 Å². The number of methoxy groups -OCH3 is 1. The van der Waals surface area contributed by atoms with E-state index in [1.165, 1.54) is 12.1 Å². The van der Waals surface area contributed by atoms with Crippen molar-refractivity contribution in [3.05, 3.63) is 23.2 Å². The highest BCUT2D eigenvalue weighted by Gasteiger charge is 2.07. The minimum Gasteiger partial charge on any atom is -0.480 e. The maximum atomic E-state index is 11.6. The average Bonchev–Trinajstić information content (AvgIpc) is 2.38. The molecular weight excluding hydrogens is 286 g/mol. The standard InChI is InChI=1S/C13H16ClNO5/c1-19-6-2-3-12(16)15-9-4-5-11(10(14)7-9)20-8-13(17)18/h4-5,7H,2-3,6,8H2,1H3,(H,15,16)(H,17,18). The Morgan fingerprint density at radius 2 is 2.15 bits per heavy atom. The van der Waals surface area contributed by atoms with Gasteiger partial charge in [-0.25, -0.2) is 4.79 Å². The molecule has 0 saturated heterocycles. The summed E-state index contributed by atoms with van der Waals surface area (Å²) in [5.41, 5.74) is 0.528. The highest BCUT2D eigenvalue weighted by atomic mass is 35.5. The fraction of sp³-hybridized carbons (Fsp3) is 0.385. The predicted octanol–water partition coefficient (Wildman–Crippen LogP) is 2.17. The number of carbonyl (C=O) groups excluding carboxylic acids is 1. The van der Waals surface area contributed by atoms with Crippen LogP contribution in [-0.2, 0) is 14.3 Å². The molecule has 1 aromatic rings. The van der Waals surface area contributed by atoms with Gasteiger partial charge in [0, 0.05) is 25.8 Å². The number of hydrogen-bond donors (Lipinski definition) is 2. The van der Waals surface area contributed by atoms with Gasteiger partial charge in [-0.3, -0.25) is 4.79 Å². The fourth-order valence-electron chi connectivity index (χ4n) is 1.44. The normalized spacial score (nSPS) is 10.1. The first-order chi connectivity index (χ1) is 9.52. The van der Waals surface area contributed by atoms with Gasteiger partial charge >= 0.3 is 5.97 Å². The van der Waals surface area contributed by atoms with Gasteiger partial charge in [0.1, 0.15) is 5.75 Å². The predicted molar refractivity (Wildman–Crippen MR) is 74.3 cm³/mol. The third-order valence-corrected chi connectivity index (χ3v) is 2.61. The number of rotatable bonds is 8. The molecule has 0 heterocycles. The number of anilines is 1. The van der Waals surface area contributed by atoms with E-state index in [1.54, 1.807) is 13.2 Å². The summed E-state index contributed by atoms with van der Waals surface area (Å²) < 4.78 is 9.83. The minimum atomic E-state index is -1.09. The van der Waals surface area contributed by atoms with E-state index in [0.29, 0.717) is 25.1 Å². The van der Waals surface area contributed by atoms with Gasteiger partial charge in [-0.2, -0.15) is 0 Å². The quantitative estimate of drug-likeness (QED) is 0.719. The number of carboxylic acids is 1. The zero-order chi connectivity index (χ0) is 15.0. The van der Waals surface area contributed by atoms with Crippen molar-refractivity contribution >= 4 is 29.2 Å². The van der Waals surface area contributed by atoms with Crippen LogP contribution in [0.3, 0.4) is 0 Å². The van der Waals surface area contributed by atoms with E-state index < -0.39 is 12.6 Å². The highest BCUT2D eigenvalue weighted by molar-refractivity contribution is 6.32. The third-order valence-electron chi connectivity index (χ3n) is 2.32. The van der Waals surface area contributed by atoms with Crippen LogP contribution >= 0.6 is 11.6 Å². The average molecular weight is 302 g/mol. The smallest absolute Gasteiger partial charge is 0.341 e. The second-order valence-electron chi connectivity index (χ2n) is 3.97. The number of nitrogens with one attached hydrogen (secondary N) is 1. The van der Waals surface area contributed by atoms with Gasteiger partial charge < -0.3 is 19.9 Å². The molecule has 20 heavy (non-hydrogen) atoms. The molecule has 0 unspecified atom stereocenters. The maximum Gasteiger partial charge on any atom is 0.341 e. The molecule has 0 aromatic heterocycles. The van der Waals surface area contributed by atoms with Crippen molar-refractivity contribution < 1.29 is 24.2 Å². The van der Waals surface area contributed by atoms with Gasteiger partial charge in [-0.1, -0.05) is 11.6 Å².